The van der Waals surface area contributed by atoms with Crippen LogP contribution in [0.4, 0.5) is 0 Å². The number of carbonyl (C=O) groups excluding carboxylic acids is 1. The summed E-state index contributed by atoms with van der Waals surface area (Å²) in [6.07, 6.45) is 1.60. The number of pyridine rings is 1. The van der Waals surface area contributed by atoms with Gasteiger partial charge in [0.05, 0.1) is 6.54 Å². The van der Waals surface area contributed by atoms with E-state index in [1.165, 1.54) is 10.6 Å². The second kappa shape index (κ2) is 7.93. The van der Waals surface area contributed by atoms with Gasteiger partial charge in [0.15, 0.2) is 11.5 Å². The Morgan fingerprint density at radius 1 is 1.07 bits per heavy atom. The fourth-order valence-electron chi connectivity index (χ4n) is 2.80. The quantitative estimate of drug-likeness (QED) is 0.498. The van der Waals surface area contributed by atoms with Crippen molar-refractivity contribution in [2.24, 2.45) is 7.05 Å². The fraction of sp³-hybridized carbons (Fsp3) is 0.150. The third-order valence-corrected chi connectivity index (χ3v) is 4.28. The second-order valence-corrected chi connectivity index (χ2v) is 6.27. The predicted molar refractivity (Wildman–Crippen MR) is 106 cm³/mol. The monoisotopic (exact) mass is 390 g/mol. The third-order valence-electron chi connectivity index (χ3n) is 4.28. The summed E-state index contributed by atoms with van der Waals surface area (Å²) < 4.78 is 8.59. The Morgan fingerprint density at radius 3 is 2.72 bits per heavy atom. The van der Waals surface area contributed by atoms with Gasteiger partial charge in [-0.1, -0.05) is 30.3 Å². The summed E-state index contributed by atoms with van der Waals surface area (Å²) in [5.41, 5.74) is 1.23. The molecule has 1 aromatic carbocycles. The number of rotatable bonds is 6. The largest absolute Gasteiger partial charge is 0.475 e. The van der Waals surface area contributed by atoms with Crippen molar-refractivity contribution < 1.29 is 9.53 Å². The zero-order chi connectivity index (χ0) is 20.2. The lowest BCUT2D eigenvalue weighted by Crippen LogP contribution is -2.34. The fourth-order valence-corrected chi connectivity index (χ4v) is 2.80. The van der Waals surface area contributed by atoms with E-state index >= 15 is 0 Å². The summed E-state index contributed by atoms with van der Waals surface area (Å²) in [5.74, 6) is 0.544. The number of amides is 1. The maximum Gasteiger partial charge on any atom is 0.263 e. The van der Waals surface area contributed by atoms with Crippen molar-refractivity contribution in [3.05, 3.63) is 76.7 Å². The Morgan fingerprint density at radius 2 is 1.90 bits per heavy atom. The molecule has 0 bridgehead atoms. The van der Waals surface area contributed by atoms with Crippen molar-refractivity contribution in [2.45, 2.75) is 0 Å². The van der Waals surface area contributed by atoms with Gasteiger partial charge in [-0.05, 0) is 18.2 Å². The van der Waals surface area contributed by atoms with Gasteiger partial charge in [0, 0.05) is 24.9 Å². The smallest absolute Gasteiger partial charge is 0.263 e. The Bertz CT molecular complexity index is 1220. The first kappa shape index (κ1) is 18.4. The Hall–Kier alpha value is -4.01. The lowest BCUT2D eigenvalue weighted by Gasteiger charge is -2.08. The summed E-state index contributed by atoms with van der Waals surface area (Å²) in [7, 11) is 1.60. The average molecular weight is 390 g/mol. The van der Waals surface area contributed by atoms with Crippen molar-refractivity contribution in [3.63, 3.8) is 0 Å². The van der Waals surface area contributed by atoms with Crippen LogP contribution in [0.15, 0.2) is 65.6 Å². The molecule has 1 N–H and O–H groups in total. The maximum absolute atomic E-state index is 12.2. The van der Waals surface area contributed by atoms with Gasteiger partial charge < -0.3 is 14.6 Å². The Labute approximate surface area is 165 Å². The molecule has 0 unspecified atom stereocenters. The number of aromatic nitrogens is 5. The van der Waals surface area contributed by atoms with Crippen LogP contribution in [0.3, 0.4) is 0 Å². The molecule has 146 valence electrons. The van der Waals surface area contributed by atoms with Crippen LogP contribution >= 0.6 is 0 Å². The molecule has 0 saturated heterocycles. The minimum absolute atomic E-state index is 0.0894. The van der Waals surface area contributed by atoms with Crippen LogP contribution < -0.4 is 15.6 Å². The third kappa shape index (κ3) is 3.84. The molecule has 0 radical (unpaired) electrons. The molecular weight excluding hydrogens is 372 g/mol. The summed E-state index contributed by atoms with van der Waals surface area (Å²) in [5, 5.41) is 15.4. The molecule has 0 fully saturated rings. The number of hydrogen-bond acceptors (Lipinski definition) is 6. The van der Waals surface area contributed by atoms with Crippen molar-refractivity contribution in [2.75, 3.05) is 13.2 Å². The van der Waals surface area contributed by atoms with Gasteiger partial charge >= 0.3 is 0 Å². The lowest BCUT2D eigenvalue weighted by atomic mass is 10.2. The first-order valence-electron chi connectivity index (χ1n) is 8.98. The number of fused-ring (bicyclic) bond motifs is 1. The molecule has 0 atom stereocenters. The van der Waals surface area contributed by atoms with E-state index in [4.69, 9.17) is 4.74 Å². The van der Waals surface area contributed by atoms with E-state index < -0.39 is 5.91 Å². The summed E-state index contributed by atoms with van der Waals surface area (Å²) in [4.78, 5) is 24.1. The predicted octanol–water partition coefficient (Wildman–Crippen LogP) is 1.30. The minimum Gasteiger partial charge on any atom is -0.475 e. The average Bonchev–Trinajstić information content (AvgIpc) is 3.17. The molecule has 1 amide bonds. The normalized spacial score (nSPS) is 10.8. The number of nitrogens with one attached hydrogen (secondary N) is 1. The van der Waals surface area contributed by atoms with Gasteiger partial charge in [0.25, 0.3) is 11.5 Å². The first-order chi connectivity index (χ1) is 14.1. The summed E-state index contributed by atoms with van der Waals surface area (Å²) in [6, 6.07) is 16.2. The van der Waals surface area contributed by atoms with E-state index in [1.54, 1.807) is 36.0 Å². The standard InChI is InChI=1S/C20H18N6O3/c1-25-12-5-8-15(20(25)28)19(27)21-11-13-29-17-10-9-16-22-23-18(26(16)24-17)14-6-3-2-4-7-14/h2-10,12H,11,13H2,1H3,(H,21,27). The SMILES string of the molecule is Cn1cccc(C(=O)NCCOc2ccc3nnc(-c4ccccc4)n3n2)c1=O. The Kier molecular flexibility index (Phi) is 5.02. The second-order valence-electron chi connectivity index (χ2n) is 6.27. The molecule has 29 heavy (non-hydrogen) atoms. The van der Waals surface area contributed by atoms with Crippen molar-refractivity contribution in [3.8, 4) is 17.3 Å². The number of aryl methyl sites for hydroxylation is 1. The molecule has 9 nitrogen and oxygen atoms in total. The molecule has 0 saturated carbocycles. The van der Waals surface area contributed by atoms with Gasteiger partial charge in [-0.3, -0.25) is 9.59 Å². The number of nitrogens with zero attached hydrogens (tertiary/aromatic N) is 5. The number of carbonyl (C=O) groups is 1. The Balaban J connectivity index is 1.41. The van der Waals surface area contributed by atoms with Crippen molar-refractivity contribution >= 4 is 11.6 Å². The van der Waals surface area contributed by atoms with Gasteiger partial charge in [-0.25, -0.2) is 0 Å². The highest BCUT2D eigenvalue weighted by Crippen LogP contribution is 2.18. The zero-order valence-electron chi connectivity index (χ0n) is 15.6. The molecule has 0 aliphatic heterocycles. The molecular formula is C20H18N6O3. The minimum atomic E-state index is -0.441. The molecule has 4 aromatic rings. The number of ether oxygens (including phenoxy) is 1. The van der Waals surface area contributed by atoms with E-state index in [2.05, 4.69) is 20.6 Å². The van der Waals surface area contributed by atoms with Gasteiger partial charge in [-0.15, -0.1) is 15.3 Å². The van der Waals surface area contributed by atoms with E-state index in [9.17, 15) is 9.59 Å². The van der Waals surface area contributed by atoms with E-state index in [0.717, 1.165) is 5.56 Å². The van der Waals surface area contributed by atoms with Crippen LogP contribution in [0.2, 0.25) is 0 Å². The first-order valence-corrected chi connectivity index (χ1v) is 8.98. The van der Waals surface area contributed by atoms with Gasteiger partial charge in [0.2, 0.25) is 5.88 Å². The zero-order valence-corrected chi connectivity index (χ0v) is 15.6. The molecule has 4 rings (SSSR count). The summed E-state index contributed by atoms with van der Waals surface area (Å²) >= 11 is 0. The van der Waals surface area contributed by atoms with Crippen LogP contribution in [0.25, 0.3) is 17.0 Å². The van der Waals surface area contributed by atoms with Gasteiger partial charge in [0.1, 0.15) is 12.2 Å². The van der Waals surface area contributed by atoms with Crippen LogP contribution in [-0.4, -0.2) is 43.4 Å². The molecule has 0 spiro atoms. The highest BCUT2D eigenvalue weighted by Gasteiger charge is 2.12. The summed E-state index contributed by atoms with van der Waals surface area (Å²) in [6.45, 7) is 0.421. The highest BCUT2D eigenvalue weighted by atomic mass is 16.5. The van der Waals surface area contributed by atoms with E-state index in [1.807, 2.05) is 30.3 Å². The van der Waals surface area contributed by atoms with Gasteiger partial charge in [-0.2, -0.15) is 4.52 Å². The van der Waals surface area contributed by atoms with E-state index in [0.29, 0.717) is 17.4 Å². The van der Waals surface area contributed by atoms with E-state index in [-0.39, 0.29) is 24.3 Å². The van der Waals surface area contributed by atoms with Crippen molar-refractivity contribution in [1.29, 1.82) is 0 Å². The number of benzene rings is 1. The molecule has 0 aliphatic carbocycles. The van der Waals surface area contributed by atoms with Crippen LogP contribution in [-0.2, 0) is 7.05 Å². The molecule has 9 heteroatoms. The maximum atomic E-state index is 12.2. The number of hydrogen-bond donors (Lipinski definition) is 1. The van der Waals surface area contributed by atoms with Crippen LogP contribution in [0.1, 0.15) is 10.4 Å². The topological polar surface area (TPSA) is 103 Å². The van der Waals surface area contributed by atoms with Crippen LogP contribution in [0.5, 0.6) is 5.88 Å². The highest BCUT2D eigenvalue weighted by molar-refractivity contribution is 5.93. The molecule has 3 aromatic heterocycles. The molecule has 0 aliphatic rings. The molecule has 3 heterocycles. The lowest BCUT2D eigenvalue weighted by molar-refractivity contribution is 0.0944. The van der Waals surface area contributed by atoms with Crippen LogP contribution in [0, 0.1) is 0 Å². The van der Waals surface area contributed by atoms with Crippen molar-refractivity contribution in [1.82, 2.24) is 29.7 Å².